The monoisotopic (exact) mass is 322 g/mol. The van der Waals surface area contributed by atoms with Gasteiger partial charge in [0.15, 0.2) is 0 Å². The highest BCUT2D eigenvalue weighted by Crippen LogP contribution is 2.37. The summed E-state index contributed by atoms with van der Waals surface area (Å²) in [7, 11) is 0. The van der Waals surface area contributed by atoms with Gasteiger partial charge in [-0.3, -0.25) is 0 Å². The second-order valence-corrected chi connectivity index (χ2v) is 4.48. The van der Waals surface area contributed by atoms with Gasteiger partial charge in [-0.25, -0.2) is 8.78 Å². The lowest BCUT2D eigenvalue weighted by Crippen LogP contribution is -2.16. The number of rotatable bonds is 3. The molecule has 0 fully saturated rings. The fraction of sp³-hybridized carbons (Fsp3) is 0.143. The van der Waals surface area contributed by atoms with Gasteiger partial charge in [-0.05, 0) is 29.3 Å². The van der Waals surface area contributed by atoms with E-state index in [1.807, 2.05) is 0 Å². The fourth-order valence-electron chi connectivity index (χ4n) is 1.85. The zero-order valence-electron chi connectivity index (χ0n) is 10.3. The summed E-state index contributed by atoms with van der Waals surface area (Å²) in [5.74, 6) is -0.424. The highest BCUT2D eigenvalue weighted by Gasteiger charge is 2.31. The molecule has 0 aliphatic rings. The number of ether oxygens (including phenoxy) is 1. The van der Waals surface area contributed by atoms with E-state index in [0.717, 1.165) is 12.1 Å². The van der Waals surface area contributed by atoms with Gasteiger partial charge in [-0.15, -0.1) is 13.2 Å². The van der Waals surface area contributed by atoms with E-state index < -0.39 is 18.5 Å². The molecular weight excluding hydrogens is 315 g/mol. The zero-order valence-corrected chi connectivity index (χ0v) is 11.1. The molecule has 0 amide bonds. The summed E-state index contributed by atoms with van der Waals surface area (Å²) < 4.78 is 65.9. The molecule has 1 nitrogen and oxygen atoms in total. The Bertz CT molecular complexity index is 622. The number of halogens is 6. The molecule has 0 bridgehead atoms. The van der Waals surface area contributed by atoms with Gasteiger partial charge in [0, 0.05) is 5.56 Å². The lowest BCUT2D eigenvalue weighted by Gasteiger charge is -2.12. The normalized spacial score (nSPS) is 11.8. The maximum absolute atomic E-state index is 13.0. The molecule has 0 saturated heterocycles. The highest BCUT2D eigenvalue weighted by atomic mass is 35.5. The molecule has 0 unspecified atom stereocenters. The first-order valence-corrected chi connectivity index (χ1v) is 6.08. The minimum Gasteiger partial charge on any atom is -0.406 e. The van der Waals surface area contributed by atoms with Gasteiger partial charge in [0.1, 0.15) is 5.75 Å². The first kappa shape index (κ1) is 15.6. The minimum atomic E-state index is -4.80. The van der Waals surface area contributed by atoms with Crippen molar-refractivity contribution >= 4 is 11.6 Å². The van der Waals surface area contributed by atoms with Gasteiger partial charge in [0.25, 0.3) is 6.43 Å². The van der Waals surface area contributed by atoms with Crippen molar-refractivity contribution in [3.63, 3.8) is 0 Å². The molecule has 0 aliphatic carbocycles. The molecule has 0 saturated carbocycles. The summed E-state index contributed by atoms with van der Waals surface area (Å²) in [6, 6.07) is 8.87. The van der Waals surface area contributed by atoms with Gasteiger partial charge in [-0.2, -0.15) is 0 Å². The van der Waals surface area contributed by atoms with Gasteiger partial charge in [0.05, 0.1) is 5.02 Å². The van der Waals surface area contributed by atoms with Crippen molar-refractivity contribution in [2.45, 2.75) is 12.8 Å². The first-order valence-electron chi connectivity index (χ1n) is 5.70. The maximum atomic E-state index is 13.0. The predicted octanol–water partition coefficient (Wildman–Crippen LogP) is 5.84. The van der Waals surface area contributed by atoms with Crippen molar-refractivity contribution in [1.29, 1.82) is 0 Å². The van der Waals surface area contributed by atoms with Crippen LogP contribution in [0.5, 0.6) is 5.75 Å². The van der Waals surface area contributed by atoms with Crippen LogP contribution in [0.15, 0.2) is 42.5 Å². The molecule has 2 rings (SSSR count). The summed E-state index contributed by atoms with van der Waals surface area (Å²) in [6.45, 7) is 0. The van der Waals surface area contributed by atoms with Gasteiger partial charge < -0.3 is 4.74 Å². The fourth-order valence-corrected chi connectivity index (χ4v) is 2.10. The quantitative estimate of drug-likeness (QED) is 0.645. The number of hydrogen-bond acceptors (Lipinski definition) is 1. The molecule has 0 spiro atoms. The summed E-state index contributed by atoms with van der Waals surface area (Å²) in [5, 5.41) is -0.0990. The van der Waals surface area contributed by atoms with Crippen LogP contribution in [-0.2, 0) is 0 Å². The summed E-state index contributed by atoms with van der Waals surface area (Å²) in [5.41, 5.74) is 0.127. The molecule has 0 atom stereocenters. The van der Waals surface area contributed by atoms with Crippen molar-refractivity contribution in [2.24, 2.45) is 0 Å². The molecule has 0 aliphatic heterocycles. The third-order valence-corrected chi connectivity index (χ3v) is 3.00. The number of alkyl halides is 5. The Morgan fingerprint density at radius 1 is 0.952 bits per heavy atom. The molecule has 0 radical (unpaired) electrons. The third-order valence-electron chi connectivity index (χ3n) is 2.67. The minimum absolute atomic E-state index is 0.0990. The van der Waals surface area contributed by atoms with E-state index in [9.17, 15) is 22.0 Å². The van der Waals surface area contributed by atoms with E-state index in [2.05, 4.69) is 4.74 Å². The number of benzene rings is 2. The van der Waals surface area contributed by atoms with Crippen molar-refractivity contribution in [3.05, 3.63) is 53.1 Å². The molecule has 21 heavy (non-hydrogen) atoms. The van der Waals surface area contributed by atoms with Gasteiger partial charge in [-0.1, -0.05) is 35.9 Å². The van der Waals surface area contributed by atoms with Crippen LogP contribution in [-0.4, -0.2) is 6.36 Å². The molecule has 7 heteroatoms. The maximum Gasteiger partial charge on any atom is 0.573 e. The SMILES string of the molecule is FC(F)c1c(Cl)cccc1-c1ccc(OC(F)(F)F)cc1. The topological polar surface area (TPSA) is 9.23 Å². The lowest BCUT2D eigenvalue weighted by atomic mass is 10.00. The Balaban J connectivity index is 2.38. The molecule has 0 heterocycles. The summed E-state index contributed by atoms with van der Waals surface area (Å²) in [6.07, 6.45) is -7.59. The lowest BCUT2D eigenvalue weighted by molar-refractivity contribution is -0.274. The van der Waals surface area contributed by atoms with Crippen LogP contribution < -0.4 is 4.74 Å². The van der Waals surface area contributed by atoms with E-state index >= 15 is 0 Å². The Kier molecular flexibility index (Phi) is 4.37. The average molecular weight is 323 g/mol. The Labute approximate surface area is 121 Å². The highest BCUT2D eigenvalue weighted by molar-refractivity contribution is 6.31. The standard InChI is InChI=1S/C14H8ClF5O/c15-11-3-1-2-10(12(11)13(16)17)8-4-6-9(7-5-8)21-14(18,19)20/h1-7,13H. The van der Waals surface area contributed by atoms with E-state index in [-0.39, 0.29) is 16.1 Å². The third kappa shape index (κ3) is 3.85. The van der Waals surface area contributed by atoms with Crippen LogP contribution in [0.3, 0.4) is 0 Å². The van der Waals surface area contributed by atoms with Crippen LogP contribution in [0.25, 0.3) is 11.1 Å². The van der Waals surface area contributed by atoms with Gasteiger partial charge in [0.2, 0.25) is 0 Å². The van der Waals surface area contributed by atoms with E-state index in [1.54, 1.807) is 0 Å². The van der Waals surface area contributed by atoms with Crippen molar-refractivity contribution in [3.8, 4) is 16.9 Å². The Morgan fingerprint density at radius 2 is 1.57 bits per heavy atom. The molecule has 0 N–H and O–H groups in total. The van der Waals surface area contributed by atoms with Crippen molar-refractivity contribution in [1.82, 2.24) is 0 Å². The average Bonchev–Trinajstić information content (AvgIpc) is 2.37. The van der Waals surface area contributed by atoms with Crippen LogP contribution in [0, 0.1) is 0 Å². The second kappa shape index (κ2) is 5.89. The van der Waals surface area contributed by atoms with E-state index in [0.29, 0.717) is 5.56 Å². The summed E-state index contributed by atoms with van der Waals surface area (Å²) in [4.78, 5) is 0. The molecule has 2 aromatic rings. The number of hydrogen-bond donors (Lipinski definition) is 0. The second-order valence-electron chi connectivity index (χ2n) is 4.07. The zero-order chi connectivity index (χ0) is 15.6. The molecule has 2 aromatic carbocycles. The van der Waals surface area contributed by atoms with Crippen LogP contribution >= 0.6 is 11.6 Å². The van der Waals surface area contributed by atoms with Crippen LogP contribution in [0.1, 0.15) is 12.0 Å². The predicted molar refractivity (Wildman–Crippen MR) is 68.5 cm³/mol. The Morgan fingerprint density at radius 3 is 2.10 bits per heavy atom. The van der Waals surface area contributed by atoms with Crippen LogP contribution in [0.4, 0.5) is 22.0 Å². The smallest absolute Gasteiger partial charge is 0.406 e. The van der Waals surface area contributed by atoms with E-state index in [4.69, 9.17) is 11.6 Å². The van der Waals surface area contributed by atoms with Crippen molar-refractivity contribution in [2.75, 3.05) is 0 Å². The first-order chi connectivity index (χ1) is 9.78. The van der Waals surface area contributed by atoms with E-state index in [1.165, 1.54) is 30.3 Å². The van der Waals surface area contributed by atoms with Gasteiger partial charge >= 0.3 is 6.36 Å². The molecular formula is C14H8ClF5O. The largest absolute Gasteiger partial charge is 0.573 e. The summed E-state index contributed by atoms with van der Waals surface area (Å²) >= 11 is 5.74. The molecule has 112 valence electrons. The Hall–Kier alpha value is -1.82. The molecule has 0 aromatic heterocycles. The van der Waals surface area contributed by atoms with Crippen LogP contribution in [0.2, 0.25) is 5.02 Å². The van der Waals surface area contributed by atoms with Crippen molar-refractivity contribution < 1.29 is 26.7 Å².